The van der Waals surface area contributed by atoms with E-state index in [1.54, 1.807) is 0 Å². The Kier molecular flexibility index (Phi) is 5.62. The summed E-state index contributed by atoms with van der Waals surface area (Å²) < 4.78 is 0. The van der Waals surface area contributed by atoms with Gasteiger partial charge in [0.05, 0.1) is 19.0 Å². The maximum atomic E-state index is 12.5. The van der Waals surface area contributed by atoms with Gasteiger partial charge in [0.1, 0.15) is 0 Å². The van der Waals surface area contributed by atoms with Gasteiger partial charge in [0, 0.05) is 6.04 Å². The van der Waals surface area contributed by atoms with E-state index in [-0.39, 0.29) is 23.8 Å². The summed E-state index contributed by atoms with van der Waals surface area (Å²) >= 11 is 0. The van der Waals surface area contributed by atoms with Crippen molar-refractivity contribution in [2.24, 2.45) is 17.6 Å². The molecule has 0 spiro atoms. The monoisotopic (exact) mass is 296 g/mol. The van der Waals surface area contributed by atoms with Crippen molar-refractivity contribution in [1.82, 2.24) is 5.32 Å². The predicted octanol–water partition coefficient (Wildman–Crippen LogP) is -0.150. The Balaban J connectivity index is 1.87. The van der Waals surface area contributed by atoms with E-state index < -0.39 is 0 Å². The topological polar surface area (TPSA) is 76.6 Å². The minimum absolute atomic E-state index is 0.0717. The molecular formula is C16H30N3O2+. The molecular weight excluding hydrogens is 266 g/mol. The number of piperidine rings is 1. The van der Waals surface area contributed by atoms with Crippen LogP contribution in [0.25, 0.3) is 0 Å². The third-order valence-electron chi connectivity index (χ3n) is 5.41. The molecule has 0 bridgehead atoms. The highest BCUT2D eigenvalue weighted by Crippen LogP contribution is 2.23. The van der Waals surface area contributed by atoms with E-state index in [1.165, 1.54) is 24.2 Å². The van der Waals surface area contributed by atoms with E-state index in [2.05, 4.69) is 12.2 Å². The lowest BCUT2D eigenvalue weighted by Crippen LogP contribution is -3.18. The Morgan fingerprint density at radius 2 is 1.90 bits per heavy atom. The zero-order valence-corrected chi connectivity index (χ0v) is 13.4. The molecule has 2 aliphatic rings. The average Bonchev–Trinajstić information content (AvgIpc) is 2.49. The van der Waals surface area contributed by atoms with Gasteiger partial charge in [0.2, 0.25) is 5.91 Å². The van der Waals surface area contributed by atoms with Crippen LogP contribution in [0.5, 0.6) is 0 Å². The fourth-order valence-corrected chi connectivity index (χ4v) is 3.76. The van der Waals surface area contributed by atoms with Crippen LogP contribution in [0.3, 0.4) is 0 Å². The molecule has 0 aromatic carbocycles. The molecule has 1 aliphatic carbocycles. The van der Waals surface area contributed by atoms with Crippen molar-refractivity contribution in [3.8, 4) is 0 Å². The predicted molar refractivity (Wildman–Crippen MR) is 81.6 cm³/mol. The summed E-state index contributed by atoms with van der Waals surface area (Å²) in [5, 5.41) is 3.23. The van der Waals surface area contributed by atoms with Crippen molar-refractivity contribution >= 4 is 11.8 Å². The highest BCUT2D eigenvalue weighted by molar-refractivity contribution is 5.80. The quantitative estimate of drug-likeness (QED) is 0.675. The van der Waals surface area contributed by atoms with Crippen LogP contribution in [-0.4, -0.2) is 37.0 Å². The molecule has 21 heavy (non-hydrogen) atoms. The van der Waals surface area contributed by atoms with Gasteiger partial charge in [-0.05, 0) is 38.5 Å². The maximum Gasteiger partial charge on any atom is 0.278 e. The van der Waals surface area contributed by atoms with Crippen LogP contribution in [0.4, 0.5) is 0 Å². The number of primary amides is 1. The molecule has 0 aromatic heterocycles. The third kappa shape index (κ3) is 4.19. The number of hydrogen-bond donors (Lipinski definition) is 3. The van der Waals surface area contributed by atoms with E-state index >= 15 is 0 Å². The summed E-state index contributed by atoms with van der Waals surface area (Å²) in [6.45, 7) is 5.86. The smallest absolute Gasteiger partial charge is 0.278 e. The molecule has 5 nitrogen and oxygen atoms in total. The lowest BCUT2D eigenvalue weighted by atomic mass is 9.86. The van der Waals surface area contributed by atoms with Gasteiger partial charge in [-0.3, -0.25) is 9.59 Å². The van der Waals surface area contributed by atoms with Crippen molar-refractivity contribution in [2.45, 2.75) is 64.5 Å². The van der Waals surface area contributed by atoms with Gasteiger partial charge in [-0.2, -0.15) is 0 Å². The molecule has 1 aliphatic heterocycles. The molecule has 4 N–H and O–H groups in total. The molecule has 5 atom stereocenters. The standard InChI is InChI=1S/C16H29N3O2/c1-11-6-3-4-8-14(11)18-16(21)12(2)19-9-5-7-13(10-19)15(17)20/h11-14H,3-10H2,1-2H3,(H2,17,20)(H,18,21)/p+1/t11-,12-,13+,14+/m1/s1. The fraction of sp³-hybridized carbons (Fsp3) is 0.875. The highest BCUT2D eigenvalue weighted by Gasteiger charge is 2.34. The number of nitrogens with two attached hydrogens (primary N) is 1. The van der Waals surface area contributed by atoms with E-state index in [0.29, 0.717) is 18.5 Å². The number of carbonyl (C=O) groups is 2. The third-order valence-corrected chi connectivity index (χ3v) is 5.41. The molecule has 120 valence electrons. The fourth-order valence-electron chi connectivity index (χ4n) is 3.76. The van der Waals surface area contributed by atoms with Crippen molar-refractivity contribution in [1.29, 1.82) is 0 Å². The molecule has 0 aromatic rings. The van der Waals surface area contributed by atoms with E-state index in [1.807, 2.05) is 6.92 Å². The van der Waals surface area contributed by atoms with Gasteiger partial charge in [0.25, 0.3) is 5.91 Å². The molecule has 1 unspecified atom stereocenters. The lowest BCUT2D eigenvalue weighted by Gasteiger charge is -2.34. The summed E-state index contributed by atoms with van der Waals surface area (Å²) in [5.41, 5.74) is 5.42. The number of carbonyl (C=O) groups excluding carboxylic acids is 2. The second-order valence-corrected chi connectivity index (χ2v) is 6.95. The molecule has 2 rings (SSSR count). The van der Waals surface area contributed by atoms with Crippen molar-refractivity contribution in [2.75, 3.05) is 13.1 Å². The second kappa shape index (κ2) is 7.25. The number of likely N-dealkylation sites (tertiary alicyclic amines) is 1. The van der Waals surface area contributed by atoms with Crippen LogP contribution in [0, 0.1) is 11.8 Å². The summed E-state index contributed by atoms with van der Waals surface area (Å²) in [6, 6.07) is 0.228. The summed E-state index contributed by atoms with van der Waals surface area (Å²) in [5.74, 6) is 0.414. The average molecular weight is 296 g/mol. The summed E-state index contributed by atoms with van der Waals surface area (Å²) in [4.78, 5) is 25.0. The lowest BCUT2D eigenvalue weighted by molar-refractivity contribution is -0.921. The zero-order chi connectivity index (χ0) is 15.4. The van der Waals surface area contributed by atoms with Gasteiger partial charge >= 0.3 is 0 Å². The number of rotatable bonds is 4. The normalized spacial score (nSPS) is 35.0. The first-order valence-corrected chi connectivity index (χ1v) is 8.43. The van der Waals surface area contributed by atoms with Gasteiger partial charge in [-0.1, -0.05) is 19.8 Å². The van der Waals surface area contributed by atoms with E-state index in [9.17, 15) is 9.59 Å². The highest BCUT2D eigenvalue weighted by atomic mass is 16.2. The van der Waals surface area contributed by atoms with E-state index in [4.69, 9.17) is 5.73 Å². The largest absolute Gasteiger partial charge is 0.369 e. The first-order valence-electron chi connectivity index (χ1n) is 8.43. The van der Waals surface area contributed by atoms with Crippen LogP contribution >= 0.6 is 0 Å². The van der Waals surface area contributed by atoms with Crippen LogP contribution in [0.1, 0.15) is 52.4 Å². The molecule has 1 saturated carbocycles. The summed E-state index contributed by atoms with van der Waals surface area (Å²) in [7, 11) is 0. The first-order chi connectivity index (χ1) is 9.99. The van der Waals surface area contributed by atoms with Gasteiger partial charge in [-0.15, -0.1) is 0 Å². The van der Waals surface area contributed by atoms with Crippen LogP contribution < -0.4 is 16.0 Å². The van der Waals surface area contributed by atoms with Crippen molar-refractivity contribution in [3.63, 3.8) is 0 Å². The van der Waals surface area contributed by atoms with Crippen LogP contribution in [-0.2, 0) is 9.59 Å². The van der Waals surface area contributed by atoms with Gasteiger partial charge in [-0.25, -0.2) is 0 Å². The molecule has 1 heterocycles. The SMILES string of the molecule is C[C@@H]1CCCC[C@@H]1NC(=O)[C@@H](C)[NH+]1CCC[C@H](C(N)=O)C1. The Morgan fingerprint density at radius 1 is 1.19 bits per heavy atom. The van der Waals surface area contributed by atoms with Crippen molar-refractivity contribution in [3.05, 3.63) is 0 Å². The zero-order valence-electron chi connectivity index (χ0n) is 13.4. The number of hydrogen-bond acceptors (Lipinski definition) is 2. The number of amides is 2. The Hall–Kier alpha value is -1.10. The maximum absolute atomic E-state index is 12.5. The Morgan fingerprint density at radius 3 is 2.57 bits per heavy atom. The van der Waals surface area contributed by atoms with Crippen LogP contribution in [0.2, 0.25) is 0 Å². The minimum Gasteiger partial charge on any atom is -0.369 e. The molecule has 2 amide bonds. The summed E-state index contributed by atoms with van der Waals surface area (Å²) in [6.07, 6.45) is 6.64. The molecule has 5 heteroatoms. The number of nitrogens with one attached hydrogen (secondary N) is 2. The first kappa shape index (κ1) is 16.3. The van der Waals surface area contributed by atoms with E-state index in [0.717, 1.165) is 25.8 Å². The minimum atomic E-state index is -0.222. The van der Waals surface area contributed by atoms with Crippen LogP contribution in [0.15, 0.2) is 0 Å². The molecule has 1 saturated heterocycles. The number of quaternary nitrogens is 1. The molecule has 0 radical (unpaired) electrons. The Labute approximate surface area is 127 Å². The Bertz CT molecular complexity index is 386. The molecule has 2 fully saturated rings. The van der Waals surface area contributed by atoms with Gasteiger partial charge in [0.15, 0.2) is 6.04 Å². The van der Waals surface area contributed by atoms with Gasteiger partial charge < -0.3 is 16.0 Å². The van der Waals surface area contributed by atoms with Crippen molar-refractivity contribution < 1.29 is 14.5 Å². The second-order valence-electron chi connectivity index (χ2n) is 6.95.